The standard InChI is InChI=1S/C60H51N/c1-58(2,3)43-28-23-38(24-29-43)39-25-30-44(31-26-39)61(45-32-33-52-50(37-45)49-35-41-16-8-9-17-42(41)36-54(49)60(52,6)7)55-34-27-40-15-10-11-18-46(40)57(55)48-20-14-22-53-56(48)47-19-12-13-21-51(47)59(53,4)5/h8-13,15-19,21-31,34-37H,32-33H2,1-7H3. The van der Waals surface area contributed by atoms with Gasteiger partial charge in [-0.3, -0.25) is 0 Å². The molecule has 0 atom stereocenters. The Labute approximate surface area is 361 Å². The Balaban J connectivity index is 1.15. The van der Waals surface area contributed by atoms with Crippen molar-refractivity contribution in [3.63, 3.8) is 0 Å². The molecule has 11 rings (SSSR count). The van der Waals surface area contributed by atoms with Crippen molar-refractivity contribution in [1.29, 1.82) is 0 Å². The van der Waals surface area contributed by atoms with Crippen LogP contribution in [0.2, 0.25) is 0 Å². The molecule has 8 aromatic carbocycles. The van der Waals surface area contributed by atoms with Crippen LogP contribution in [0.4, 0.5) is 11.4 Å². The molecule has 0 aliphatic heterocycles. The second-order valence-corrected chi connectivity index (χ2v) is 19.5. The van der Waals surface area contributed by atoms with Gasteiger partial charge in [0.05, 0.1) is 5.69 Å². The van der Waals surface area contributed by atoms with Gasteiger partial charge in [0.25, 0.3) is 0 Å². The highest BCUT2D eigenvalue weighted by Gasteiger charge is 2.41. The van der Waals surface area contributed by atoms with E-state index >= 15 is 0 Å². The number of rotatable bonds is 5. The molecule has 0 saturated carbocycles. The van der Waals surface area contributed by atoms with Crippen LogP contribution in [-0.4, -0.2) is 0 Å². The summed E-state index contributed by atoms with van der Waals surface area (Å²) < 4.78 is 0. The molecular formula is C60H51N. The summed E-state index contributed by atoms with van der Waals surface area (Å²) in [6.07, 6.45) is 4.46. The van der Waals surface area contributed by atoms with Crippen LogP contribution in [-0.2, 0) is 16.2 Å². The van der Waals surface area contributed by atoms with Gasteiger partial charge in [-0.05, 0) is 132 Å². The molecule has 0 radical (unpaired) electrons. The van der Waals surface area contributed by atoms with E-state index in [2.05, 4.69) is 223 Å². The molecular weight excluding hydrogens is 735 g/mol. The molecule has 0 fully saturated rings. The number of anilines is 2. The number of hydrogen-bond acceptors (Lipinski definition) is 1. The van der Waals surface area contributed by atoms with Crippen LogP contribution in [0.1, 0.15) is 89.1 Å². The van der Waals surface area contributed by atoms with Gasteiger partial charge in [-0.1, -0.05) is 181 Å². The zero-order valence-electron chi connectivity index (χ0n) is 36.4. The molecule has 0 spiro atoms. The van der Waals surface area contributed by atoms with E-state index in [0.29, 0.717) is 0 Å². The summed E-state index contributed by atoms with van der Waals surface area (Å²) in [5.41, 5.74) is 20.5. The summed E-state index contributed by atoms with van der Waals surface area (Å²) in [4.78, 5) is 2.57. The monoisotopic (exact) mass is 785 g/mol. The zero-order chi connectivity index (χ0) is 41.8. The Morgan fingerprint density at radius 3 is 1.95 bits per heavy atom. The van der Waals surface area contributed by atoms with Crippen LogP contribution < -0.4 is 4.90 Å². The third-order valence-electron chi connectivity index (χ3n) is 14.2. The normalized spacial score (nSPS) is 15.8. The van der Waals surface area contributed by atoms with Crippen LogP contribution in [0, 0.1) is 12.1 Å². The quantitative estimate of drug-likeness (QED) is 0.168. The first-order valence-corrected chi connectivity index (χ1v) is 22.0. The first-order valence-electron chi connectivity index (χ1n) is 22.0. The molecule has 0 heterocycles. The van der Waals surface area contributed by atoms with Crippen molar-refractivity contribution in [2.45, 2.75) is 77.6 Å². The topological polar surface area (TPSA) is 3.24 Å². The van der Waals surface area contributed by atoms with Crippen molar-refractivity contribution in [2.24, 2.45) is 0 Å². The highest BCUT2D eigenvalue weighted by Crippen LogP contribution is 2.56. The predicted molar refractivity (Wildman–Crippen MR) is 259 cm³/mol. The molecule has 0 N–H and O–H groups in total. The summed E-state index contributed by atoms with van der Waals surface area (Å²) in [6, 6.07) is 64.1. The average Bonchev–Trinajstić information content (AvgIpc) is 3.64. The molecule has 0 unspecified atom stereocenters. The van der Waals surface area contributed by atoms with E-state index in [1.807, 2.05) is 0 Å². The first-order chi connectivity index (χ1) is 29.4. The maximum atomic E-state index is 3.75. The van der Waals surface area contributed by atoms with Gasteiger partial charge in [0.1, 0.15) is 0 Å². The van der Waals surface area contributed by atoms with E-state index in [1.54, 1.807) is 0 Å². The fourth-order valence-electron chi connectivity index (χ4n) is 10.9. The van der Waals surface area contributed by atoms with Crippen molar-refractivity contribution in [3.8, 4) is 33.4 Å². The highest BCUT2D eigenvalue weighted by atomic mass is 15.2. The Morgan fingerprint density at radius 2 is 1.21 bits per heavy atom. The summed E-state index contributed by atoms with van der Waals surface area (Å²) in [6.45, 7) is 16.4. The summed E-state index contributed by atoms with van der Waals surface area (Å²) in [5.74, 6) is 0. The van der Waals surface area contributed by atoms with Crippen LogP contribution in [0.3, 0.4) is 0 Å². The number of allylic oxidation sites excluding steroid dienone is 4. The van der Waals surface area contributed by atoms with E-state index in [1.165, 1.54) is 94.0 Å². The fraction of sp³-hybridized carbons (Fsp3) is 0.200. The third-order valence-corrected chi connectivity index (χ3v) is 14.2. The maximum absolute atomic E-state index is 3.75. The van der Waals surface area contributed by atoms with Gasteiger partial charge >= 0.3 is 0 Å². The summed E-state index contributed by atoms with van der Waals surface area (Å²) >= 11 is 0. The minimum Gasteiger partial charge on any atom is -0.314 e. The van der Waals surface area contributed by atoms with Crippen LogP contribution in [0.5, 0.6) is 0 Å². The van der Waals surface area contributed by atoms with Gasteiger partial charge in [-0.25, -0.2) is 0 Å². The summed E-state index contributed by atoms with van der Waals surface area (Å²) in [5, 5.41) is 5.03. The molecule has 3 aliphatic carbocycles. The van der Waals surface area contributed by atoms with E-state index < -0.39 is 0 Å². The van der Waals surface area contributed by atoms with Gasteiger partial charge in [-0.15, -0.1) is 0 Å². The second-order valence-electron chi connectivity index (χ2n) is 19.5. The van der Waals surface area contributed by atoms with E-state index in [0.717, 1.165) is 29.8 Å². The molecule has 61 heavy (non-hydrogen) atoms. The smallest absolute Gasteiger partial charge is 0.0550 e. The first kappa shape index (κ1) is 37.4. The van der Waals surface area contributed by atoms with E-state index in [-0.39, 0.29) is 16.2 Å². The molecule has 8 aromatic rings. The van der Waals surface area contributed by atoms with Gasteiger partial charge in [0, 0.05) is 38.9 Å². The number of hydrogen-bond donors (Lipinski definition) is 0. The van der Waals surface area contributed by atoms with Crippen LogP contribution in [0.15, 0.2) is 169 Å². The summed E-state index contributed by atoms with van der Waals surface area (Å²) in [7, 11) is 0. The van der Waals surface area contributed by atoms with Gasteiger partial charge < -0.3 is 4.90 Å². The molecule has 3 aliphatic rings. The molecule has 0 bridgehead atoms. The van der Waals surface area contributed by atoms with Crippen molar-refractivity contribution < 1.29 is 0 Å². The Morgan fingerprint density at radius 1 is 0.557 bits per heavy atom. The highest BCUT2D eigenvalue weighted by molar-refractivity contribution is 6.09. The van der Waals surface area contributed by atoms with Crippen LogP contribution >= 0.6 is 0 Å². The van der Waals surface area contributed by atoms with E-state index in [9.17, 15) is 0 Å². The Kier molecular flexibility index (Phi) is 8.24. The van der Waals surface area contributed by atoms with Crippen molar-refractivity contribution in [1.82, 2.24) is 0 Å². The minimum atomic E-state index is -0.154. The maximum Gasteiger partial charge on any atom is 0.0550 e. The molecule has 296 valence electrons. The second kappa shape index (κ2) is 13.4. The molecule has 0 aromatic heterocycles. The minimum absolute atomic E-state index is 0.0462. The third kappa shape index (κ3) is 5.76. The van der Waals surface area contributed by atoms with Gasteiger partial charge in [0.15, 0.2) is 0 Å². The van der Waals surface area contributed by atoms with Gasteiger partial charge in [-0.2, -0.15) is 0 Å². The van der Waals surface area contributed by atoms with Crippen molar-refractivity contribution in [3.05, 3.63) is 209 Å². The predicted octanol–water partition coefficient (Wildman–Crippen LogP) is 16.1. The number of benzene rings is 7. The lowest BCUT2D eigenvalue weighted by atomic mass is 9.78. The largest absolute Gasteiger partial charge is 0.314 e. The number of nitrogens with zero attached hydrogens (tertiary/aromatic N) is 1. The fourth-order valence-corrected chi connectivity index (χ4v) is 10.9. The average molecular weight is 786 g/mol. The van der Waals surface area contributed by atoms with Crippen molar-refractivity contribution in [2.75, 3.05) is 4.90 Å². The lowest BCUT2D eigenvalue weighted by Crippen LogP contribution is -2.22. The number of fused-ring (bicyclic) bond motifs is 7. The van der Waals surface area contributed by atoms with Crippen molar-refractivity contribution >= 4 is 38.5 Å². The molecule has 0 amide bonds. The lowest BCUT2D eigenvalue weighted by Gasteiger charge is -2.34. The van der Waals surface area contributed by atoms with Crippen LogP contribution in [0.25, 0.3) is 60.5 Å². The zero-order valence-corrected chi connectivity index (χ0v) is 36.4. The molecule has 1 heteroatoms. The Bertz CT molecular complexity index is 3140. The van der Waals surface area contributed by atoms with Gasteiger partial charge in [0.2, 0.25) is 0 Å². The lowest BCUT2D eigenvalue weighted by molar-refractivity contribution is 0.590. The van der Waals surface area contributed by atoms with E-state index in [4.69, 9.17) is 0 Å². The Hall–Kier alpha value is -6.62. The molecule has 1 nitrogen and oxygen atoms in total. The molecule has 0 saturated heterocycles. The SMILES string of the molecule is CC(C)(C)c1ccc(-c2ccc(N(C3=CC4=C(CC3)C(C)(C)c3cc5ccccc5cc34)c3ccc4ccccc4c3-c3c#ccc4c3-c3ccccc3C4(C)C)cc2)cc1.